The number of allylic oxidation sites excluding steroid dienone is 4. The average Bonchev–Trinajstić information content (AvgIpc) is 3.52. The summed E-state index contributed by atoms with van der Waals surface area (Å²) in [5.74, 6) is 0.973. The van der Waals surface area contributed by atoms with E-state index in [0.29, 0.717) is 3.63 Å². The molecule has 1 atom stereocenters. The number of methoxy groups -OCH3 is 1. The van der Waals surface area contributed by atoms with E-state index in [1.165, 1.54) is 39.0 Å². The van der Waals surface area contributed by atoms with Gasteiger partial charge in [-0.3, -0.25) is 0 Å². The zero-order valence-electron chi connectivity index (χ0n) is 22.2. The van der Waals surface area contributed by atoms with Crippen LogP contribution < -0.4 is 4.74 Å². The first-order valence-corrected chi connectivity index (χ1v) is 22.0. The third kappa shape index (κ3) is 3.64. The Hall–Kier alpha value is -3.09. The minimum atomic E-state index is -4.22. The van der Waals surface area contributed by atoms with Crippen LogP contribution in [0.15, 0.2) is 124 Å². The molecule has 2 heteroatoms. The molecule has 2 aliphatic rings. The zero-order valence-corrected chi connectivity index (χ0v) is 24.6. The van der Waals surface area contributed by atoms with Gasteiger partial charge in [-0.25, -0.2) is 0 Å². The van der Waals surface area contributed by atoms with Crippen LogP contribution in [0, 0.1) is 0 Å². The average molecular weight is 562 g/mol. The summed E-state index contributed by atoms with van der Waals surface area (Å²) in [5.41, 5.74) is 9.56. The Balaban J connectivity index is 1.85. The Kier molecular flexibility index (Phi) is 5.92. The summed E-state index contributed by atoms with van der Waals surface area (Å²) in [6.45, 7) is 2.26. The van der Waals surface area contributed by atoms with Crippen molar-refractivity contribution in [2.45, 2.75) is 26.2 Å². The van der Waals surface area contributed by atoms with E-state index in [1.807, 2.05) is 0 Å². The van der Waals surface area contributed by atoms with Crippen LogP contribution >= 0.6 is 0 Å². The molecule has 2 aliphatic carbocycles. The Labute approximate surface area is 221 Å². The molecule has 0 radical (unpaired) electrons. The molecule has 37 heavy (non-hydrogen) atoms. The first kappa shape index (κ1) is 24.3. The van der Waals surface area contributed by atoms with Crippen LogP contribution in [0.3, 0.4) is 0 Å². The van der Waals surface area contributed by atoms with Crippen molar-refractivity contribution in [3.8, 4) is 16.9 Å². The molecule has 0 amide bonds. The normalized spacial score (nSPS) is 16.5. The van der Waals surface area contributed by atoms with Crippen molar-refractivity contribution in [1.29, 1.82) is 0 Å². The maximum absolute atomic E-state index is 5.97. The van der Waals surface area contributed by atoms with E-state index < -0.39 is 18.3 Å². The second kappa shape index (κ2) is 9.03. The number of hydrogen-bond acceptors (Lipinski definition) is 1. The molecule has 0 N–H and O–H groups in total. The number of ether oxygens (including phenoxy) is 1. The summed E-state index contributed by atoms with van der Waals surface area (Å²) in [6, 6.07) is 38.1. The Bertz CT molecular complexity index is 1590. The molecule has 0 heterocycles. The van der Waals surface area contributed by atoms with Crippen molar-refractivity contribution in [2.24, 2.45) is 0 Å². The Morgan fingerprint density at radius 3 is 1.92 bits per heavy atom. The molecule has 0 saturated carbocycles. The molecule has 184 valence electrons. The van der Waals surface area contributed by atoms with E-state index in [9.17, 15) is 0 Å². The van der Waals surface area contributed by atoms with Crippen LogP contribution in [0.5, 0.6) is 5.75 Å². The second-order valence-electron chi connectivity index (χ2n) is 11.4. The number of fused-ring (bicyclic) bond motifs is 3. The van der Waals surface area contributed by atoms with Crippen LogP contribution in [0.2, 0.25) is 9.26 Å². The number of benzene rings is 4. The monoisotopic (exact) mass is 560 g/mol. The fourth-order valence-electron chi connectivity index (χ4n) is 7.28. The summed E-state index contributed by atoms with van der Waals surface area (Å²) in [6.07, 6.45) is 5.99. The Morgan fingerprint density at radius 2 is 1.32 bits per heavy atom. The van der Waals surface area contributed by atoms with Gasteiger partial charge in [0.1, 0.15) is 0 Å². The molecule has 4 aromatic rings. The van der Waals surface area contributed by atoms with Crippen molar-refractivity contribution in [3.63, 3.8) is 0 Å². The first-order chi connectivity index (χ1) is 17.9. The SMILES string of the molecule is COc1cccc2c1-c1ccccc1[CH]2[Zr]([CH3])([CH3])([C]1=CC(C)=CC1)=[C](c1ccccc1)c1ccccc1. The van der Waals surface area contributed by atoms with Crippen LogP contribution in [0.1, 0.15) is 39.2 Å². The van der Waals surface area contributed by atoms with Gasteiger partial charge in [-0.2, -0.15) is 0 Å². The van der Waals surface area contributed by atoms with Crippen molar-refractivity contribution >= 4 is 3.21 Å². The van der Waals surface area contributed by atoms with E-state index in [2.05, 4.69) is 131 Å². The van der Waals surface area contributed by atoms with Gasteiger partial charge in [-0.05, 0) is 0 Å². The maximum atomic E-state index is 5.97. The predicted molar refractivity (Wildman–Crippen MR) is 155 cm³/mol. The summed E-state index contributed by atoms with van der Waals surface area (Å²) < 4.78 is 14.9. The van der Waals surface area contributed by atoms with Crippen LogP contribution in [0.4, 0.5) is 0 Å². The van der Waals surface area contributed by atoms with Crippen LogP contribution in [-0.2, 0) is 18.3 Å². The number of rotatable bonds is 5. The molecule has 1 unspecified atom stereocenters. The molecule has 0 fully saturated rings. The van der Waals surface area contributed by atoms with Crippen molar-refractivity contribution < 1.29 is 23.0 Å². The summed E-state index contributed by atoms with van der Waals surface area (Å²) in [7, 11) is 1.80. The number of hydrogen-bond donors (Lipinski definition) is 0. The fourth-order valence-corrected chi connectivity index (χ4v) is 24.1. The van der Waals surface area contributed by atoms with Gasteiger partial charge in [-0.1, -0.05) is 0 Å². The van der Waals surface area contributed by atoms with Crippen LogP contribution in [0.25, 0.3) is 11.1 Å². The second-order valence-corrected chi connectivity index (χ2v) is 27.8. The van der Waals surface area contributed by atoms with Gasteiger partial charge in [0.15, 0.2) is 0 Å². The zero-order chi connectivity index (χ0) is 25.6. The van der Waals surface area contributed by atoms with Crippen molar-refractivity contribution in [3.05, 3.63) is 146 Å². The molecule has 0 spiro atoms. The van der Waals surface area contributed by atoms with E-state index >= 15 is 0 Å². The van der Waals surface area contributed by atoms with E-state index in [0.717, 1.165) is 12.2 Å². The first-order valence-electron chi connectivity index (χ1n) is 13.2. The molecule has 4 aromatic carbocycles. The third-order valence-corrected chi connectivity index (χ3v) is 25.6. The summed E-state index contributed by atoms with van der Waals surface area (Å²) in [4.78, 5) is 0. The molecule has 6 rings (SSSR count). The van der Waals surface area contributed by atoms with Crippen molar-refractivity contribution in [2.75, 3.05) is 7.11 Å². The van der Waals surface area contributed by atoms with Gasteiger partial charge < -0.3 is 0 Å². The topological polar surface area (TPSA) is 9.23 Å². The molecule has 0 bridgehead atoms. The van der Waals surface area contributed by atoms with E-state index in [4.69, 9.17) is 4.74 Å². The third-order valence-electron chi connectivity index (χ3n) is 8.92. The molecule has 1 nitrogen and oxygen atoms in total. The van der Waals surface area contributed by atoms with Gasteiger partial charge in [-0.15, -0.1) is 0 Å². The Morgan fingerprint density at radius 1 is 0.730 bits per heavy atom. The predicted octanol–water partition coefficient (Wildman–Crippen LogP) is 9.05. The van der Waals surface area contributed by atoms with Gasteiger partial charge in [0, 0.05) is 0 Å². The van der Waals surface area contributed by atoms with Gasteiger partial charge >= 0.3 is 223 Å². The molecule has 0 aliphatic heterocycles. The summed E-state index contributed by atoms with van der Waals surface area (Å²) >= 11 is -4.22. The van der Waals surface area contributed by atoms with Gasteiger partial charge in [0.05, 0.1) is 0 Å². The van der Waals surface area contributed by atoms with E-state index in [-0.39, 0.29) is 0 Å². The summed E-state index contributed by atoms with van der Waals surface area (Å²) in [5, 5.41) is 0. The molecular formula is C35H34OZr. The standard InChI is InChI=1S/C14H11O.C13H10.C6H7.2CH3.Zr/c1-15-13-8-4-6-11-9-10-5-2-3-7-12(10)14(11)13;1-3-7-12(8-4-1)11-13-9-5-2-6-10-13;1-6-4-2-3-5-6;;;/h2-9H,1H3;1-10H;4-5H,2H2,1H3;2*1H3;. The van der Waals surface area contributed by atoms with Crippen LogP contribution in [-0.4, -0.2) is 10.3 Å². The van der Waals surface area contributed by atoms with Gasteiger partial charge in [0.25, 0.3) is 0 Å². The molecule has 0 aromatic heterocycles. The fraction of sp³-hybridized carbons (Fsp3) is 0.171. The van der Waals surface area contributed by atoms with E-state index in [1.54, 1.807) is 13.6 Å². The van der Waals surface area contributed by atoms with Gasteiger partial charge in [0.2, 0.25) is 0 Å². The quantitative estimate of drug-likeness (QED) is 0.236. The minimum absolute atomic E-state index is 0.309. The molecule has 0 saturated heterocycles. The van der Waals surface area contributed by atoms with Crippen molar-refractivity contribution in [1.82, 2.24) is 0 Å². The molecular weight excluding hydrogens is 528 g/mol.